The summed E-state index contributed by atoms with van der Waals surface area (Å²) >= 11 is 6.10. The summed E-state index contributed by atoms with van der Waals surface area (Å²) in [5, 5.41) is 6.65. The van der Waals surface area contributed by atoms with Gasteiger partial charge in [0.15, 0.2) is 5.82 Å². The van der Waals surface area contributed by atoms with Crippen LogP contribution in [0.25, 0.3) is 11.4 Å². The van der Waals surface area contributed by atoms with Crippen molar-refractivity contribution in [3.05, 3.63) is 64.8 Å². The summed E-state index contributed by atoms with van der Waals surface area (Å²) in [6.45, 7) is 7.88. The van der Waals surface area contributed by atoms with Crippen LogP contribution in [0.15, 0.2) is 42.9 Å². The minimum absolute atomic E-state index is 0.0405. The first-order valence-electron chi connectivity index (χ1n) is 14.7. The number of rotatable bonds is 10. The predicted octanol–water partition coefficient (Wildman–Crippen LogP) is 5.40. The van der Waals surface area contributed by atoms with Gasteiger partial charge in [0.1, 0.15) is 11.6 Å². The molecule has 11 heteroatoms. The maximum atomic E-state index is 14.6. The predicted molar refractivity (Wildman–Crippen MR) is 161 cm³/mol. The highest BCUT2D eigenvalue weighted by atomic mass is 35.5. The van der Waals surface area contributed by atoms with Crippen molar-refractivity contribution >= 4 is 34.9 Å². The summed E-state index contributed by atoms with van der Waals surface area (Å²) in [6, 6.07) is 5.91. The van der Waals surface area contributed by atoms with Crippen molar-refractivity contribution in [2.75, 3.05) is 38.0 Å². The average Bonchev–Trinajstić information content (AvgIpc) is 3.69. The summed E-state index contributed by atoms with van der Waals surface area (Å²) in [7, 11) is 0. The Labute approximate surface area is 250 Å². The van der Waals surface area contributed by atoms with Crippen LogP contribution in [-0.2, 0) is 4.79 Å². The van der Waals surface area contributed by atoms with E-state index in [0.717, 1.165) is 63.8 Å². The molecule has 2 N–H and O–H groups in total. The van der Waals surface area contributed by atoms with Gasteiger partial charge in [-0.15, -0.1) is 0 Å². The van der Waals surface area contributed by atoms with Crippen LogP contribution in [0.1, 0.15) is 67.8 Å². The first-order chi connectivity index (χ1) is 20.3. The van der Waals surface area contributed by atoms with Gasteiger partial charge in [0, 0.05) is 55.4 Å². The second kappa shape index (κ2) is 13.6. The van der Waals surface area contributed by atoms with Crippen LogP contribution in [0.5, 0.6) is 0 Å². The molecular weight excluding hydrogens is 557 g/mol. The van der Waals surface area contributed by atoms with Crippen molar-refractivity contribution in [3.8, 4) is 11.4 Å². The summed E-state index contributed by atoms with van der Waals surface area (Å²) in [6.07, 6.45) is 9.61. The molecule has 0 bridgehead atoms. The molecule has 2 amide bonds. The third kappa shape index (κ3) is 6.87. The van der Waals surface area contributed by atoms with E-state index < -0.39 is 5.82 Å². The zero-order valence-corrected chi connectivity index (χ0v) is 24.8. The zero-order valence-electron chi connectivity index (χ0n) is 24.1. The second-order valence-corrected chi connectivity index (χ2v) is 11.6. The Morgan fingerprint density at radius 1 is 1.12 bits per heavy atom. The normalized spacial score (nSPS) is 17.2. The number of hydrogen-bond acceptors (Lipinski definition) is 7. The molecule has 4 heterocycles. The molecule has 5 rings (SSSR count). The lowest BCUT2D eigenvalue weighted by Crippen LogP contribution is -2.45. The van der Waals surface area contributed by atoms with Crippen molar-refractivity contribution in [2.24, 2.45) is 0 Å². The SMILES string of the molecule is CC(C)c1cnc(-c2cc(Cl)ccc2F)nc1Nc1ccncc1C(=O)NCCCN1CCCC1C(=O)N1CCCC1. The Hall–Kier alpha value is -3.63. The van der Waals surface area contributed by atoms with Crippen molar-refractivity contribution in [2.45, 2.75) is 57.9 Å². The van der Waals surface area contributed by atoms with Crippen molar-refractivity contribution < 1.29 is 14.0 Å². The minimum Gasteiger partial charge on any atom is -0.352 e. The molecule has 2 aromatic heterocycles. The number of nitrogens with one attached hydrogen (secondary N) is 2. The third-order valence-electron chi connectivity index (χ3n) is 7.90. The average molecular weight is 594 g/mol. The van der Waals surface area contributed by atoms with E-state index in [4.69, 9.17) is 11.6 Å². The quantitative estimate of drug-likeness (QED) is 0.303. The van der Waals surface area contributed by atoms with Crippen LogP contribution in [0.4, 0.5) is 15.9 Å². The van der Waals surface area contributed by atoms with Gasteiger partial charge < -0.3 is 15.5 Å². The van der Waals surface area contributed by atoms with E-state index in [2.05, 4.69) is 30.5 Å². The molecule has 0 radical (unpaired) electrons. The fourth-order valence-electron chi connectivity index (χ4n) is 5.63. The van der Waals surface area contributed by atoms with Crippen LogP contribution >= 0.6 is 11.6 Å². The molecule has 2 fully saturated rings. The molecule has 2 aliphatic heterocycles. The lowest BCUT2D eigenvalue weighted by Gasteiger charge is -2.27. The lowest BCUT2D eigenvalue weighted by molar-refractivity contribution is -0.134. The fraction of sp³-hybridized carbons (Fsp3) is 0.452. The highest BCUT2D eigenvalue weighted by molar-refractivity contribution is 6.30. The fourth-order valence-corrected chi connectivity index (χ4v) is 5.80. The number of carbonyl (C=O) groups excluding carboxylic acids is 2. The largest absolute Gasteiger partial charge is 0.352 e. The van der Waals surface area contributed by atoms with E-state index in [1.165, 1.54) is 24.4 Å². The molecule has 3 aromatic rings. The highest BCUT2D eigenvalue weighted by Gasteiger charge is 2.34. The molecule has 0 spiro atoms. The van der Waals surface area contributed by atoms with E-state index in [1.54, 1.807) is 18.5 Å². The van der Waals surface area contributed by atoms with Gasteiger partial charge in [0.2, 0.25) is 5.91 Å². The van der Waals surface area contributed by atoms with E-state index in [-0.39, 0.29) is 35.2 Å². The van der Waals surface area contributed by atoms with Crippen molar-refractivity contribution in [1.29, 1.82) is 0 Å². The summed E-state index contributed by atoms with van der Waals surface area (Å²) in [5.74, 6) is 0.233. The maximum Gasteiger partial charge on any atom is 0.254 e. The Morgan fingerprint density at radius 2 is 1.93 bits per heavy atom. The molecule has 2 aliphatic rings. The Bertz CT molecular complexity index is 1430. The van der Waals surface area contributed by atoms with Gasteiger partial charge in [0.25, 0.3) is 5.91 Å². The monoisotopic (exact) mass is 593 g/mol. The molecule has 1 aromatic carbocycles. The molecule has 1 atom stereocenters. The van der Waals surface area contributed by atoms with E-state index >= 15 is 0 Å². The number of pyridine rings is 1. The lowest BCUT2D eigenvalue weighted by atomic mass is 10.1. The molecule has 0 saturated carbocycles. The van der Waals surface area contributed by atoms with Crippen molar-refractivity contribution in [3.63, 3.8) is 0 Å². The van der Waals surface area contributed by atoms with Crippen LogP contribution < -0.4 is 10.6 Å². The van der Waals surface area contributed by atoms with Gasteiger partial charge in [-0.2, -0.15) is 0 Å². The number of carbonyl (C=O) groups is 2. The van der Waals surface area contributed by atoms with E-state index in [9.17, 15) is 14.0 Å². The number of hydrogen-bond donors (Lipinski definition) is 2. The number of aromatic nitrogens is 3. The third-order valence-corrected chi connectivity index (χ3v) is 8.14. The summed E-state index contributed by atoms with van der Waals surface area (Å²) in [5.41, 5.74) is 1.89. The smallest absolute Gasteiger partial charge is 0.254 e. The number of amides is 2. The first-order valence-corrected chi connectivity index (χ1v) is 15.0. The highest BCUT2D eigenvalue weighted by Crippen LogP contribution is 2.30. The second-order valence-electron chi connectivity index (χ2n) is 11.2. The summed E-state index contributed by atoms with van der Waals surface area (Å²) in [4.78, 5) is 43.6. The molecular formula is C31H37ClFN7O2. The Balaban J connectivity index is 1.24. The van der Waals surface area contributed by atoms with Gasteiger partial charge >= 0.3 is 0 Å². The van der Waals surface area contributed by atoms with E-state index in [0.29, 0.717) is 28.6 Å². The molecule has 0 aliphatic carbocycles. The first kappa shape index (κ1) is 29.8. The van der Waals surface area contributed by atoms with Crippen molar-refractivity contribution in [1.82, 2.24) is 30.1 Å². The van der Waals surface area contributed by atoms with Gasteiger partial charge in [-0.1, -0.05) is 25.4 Å². The Morgan fingerprint density at radius 3 is 2.71 bits per heavy atom. The molecule has 1 unspecified atom stereocenters. The number of likely N-dealkylation sites (tertiary alicyclic amines) is 2. The number of anilines is 2. The Kier molecular flexibility index (Phi) is 9.64. The molecule has 222 valence electrons. The number of halogens is 2. The van der Waals surface area contributed by atoms with Gasteiger partial charge in [-0.3, -0.25) is 19.5 Å². The molecule has 2 saturated heterocycles. The van der Waals surface area contributed by atoms with Gasteiger partial charge in [-0.25, -0.2) is 14.4 Å². The number of benzene rings is 1. The van der Waals surface area contributed by atoms with Crippen LogP contribution in [0, 0.1) is 5.82 Å². The van der Waals surface area contributed by atoms with Crippen LogP contribution in [0.3, 0.4) is 0 Å². The molecule has 9 nitrogen and oxygen atoms in total. The topological polar surface area (TPSA) is 103 Å². The zero-order chi connectivity index (χ0) is 29.6. The van der Waals surface area contributed by atoms with Gasteiger partial charge in [0.05, 0.1) is 22.9 Å². The standard InChI is InChI=1S/C31H37ClFN7O2/c1-20(2)23-19-36-28(22-17-21(32)8-9-25(22)33)38-29(23)37-26-10-12-34-18-24(26)30(41)35-11-6-16-39-15-5-7-27(39)31(42)40-13-3-4-14-40/h8-10,12,17-20,27H,3-7,11,13-16H2,1-2H3,(H,35,41)(H,34,36,37,38). The van der Waals surface area contributed by atoms with Crippen LogP contribution in [0.2, 0.25) is 5.02 Å². The van der Waals surface area contributed by atoms with Crippen LogP contribution in [-0.4, -0.2) is 75.3 Å². The van der Waals surface area contributed by atoms with E-state index in [1.807, 2.05) is 18.7 Å². The van der Waals surface area contributed by atoms with Gasteiger partial charge in [-0.05, 0) is 68.8 Å². The minimum atomic E-state index is -0.479. The maximum absolute atomic E-state index is 14.6. The molecule has 42 heavy (non-hydrogen) atoms. The summed E-state index contributed by atoms with van der Waals surface area (Å²) < 4.78 is 14.6. The number of nitrogens with zero attached hydrogens (tertiary/aromatic N) is 5.